The summed E-state index contributed by atoms with van der Waals surface area (Å²) in [6, 6.07) is 0. The third-order valence-corrected chi connectivity index (χ3v) is 2.92. The second kappa shape index (κ2) is 5.65. The summed E-state index contributed by atoms with van der Waals surface area (Å²) in [5, 5.41) is 6.21. The van der Waals surface area contributed by atoms with Crippen molar-refractivity contribution in [2.75, 3.05) is 19.6 Å². The standard InChI is InChI=1S/C11H18N4O/c16-11(9-2-1-4-12-6-9)14-5-3-10-7-13-8-15-10/h7-9,12H,1-6H2,(H,13,15)(H,14,16)/t9-/m1/s1. The minimum atomic E-state index is 0.149. The Morgan fingerprint density at radius 3 is 3.25 bits per heavy atom. The first-order chi connectivity index (χ1) is 7.86. The number of H-pyrrole nitrogens is 1. The van der Waals surface area contributed by atoms with Crippen LogP contribution in [0.25, 0.3) is 0 Å². The molecule has 1 amide bonds. The summed E-state index contributed by atoms with van der Waals surface area (Å²) in [4.78, 5) is 18.7. The van der Waals surface area contributed by atoms with Gasteiger partial charge in [-0.3, -0.25) is 4.79 Å². The molecule has 5 heteroatoms. The molecule has 0 radical (unpaired) electrons. The summed E-state index contributed by atoms with van der Waals surface area (Å²) >= 11 is 0. The Kier molecular flexibility index (Phi) is 3.93. The van der Waals surface area contributed by atoms with Gasteiger partial charge in [-0.1, -0.05) is 0 Å². The van der Waals surface area contributed by atoms with E-state index in [0.717, 1.165) is 38.0 Å². The third kappa shape index (κ3) is 3.06. The largest absolute Gasteiger partial charge is 0.355 e. The molecule has 88 valence electrons. The molecule has 2 rings (SSSR count). The van der Waals surface area contributed by atoms with Gasteiger partial charge < -0.3 is 15.6 Å². The lowest BCUT2D eigenvalue weighted by atomic mass is 9.99. The number of nitrogens with one attached hydrogen (secondary N) is 3. The van der Waals surface area contributed by atoms with Crippen molar-refractivity contribution in [1.82, 2.24) is 20.6 Å². The van der Waals surface area contributed by atoms with E-state index in [2.05, 4.69) is 20.6 Å². The fourth-order valence-electron chi connectivity index (χ4n) is 1.96. The topological polar surface area (TPSA) is 69.8 Å². The van der Waals surface area contributed by atoms with Gasteiger partial charge in [0.2, 0.25) is 5.91 Å². The normalized spacial score (nSPS) is 20.6. The van der Waals surface area contributed by atoms with Crippen LogP contribution in [0, 0.1) is 5.92 Å². The van der Waals surface area contributed by atoms with Gasteiger partial charge in [0.1, 0.15) is 0 Å². The predicted octanol–water partition coefficient (Wildman–Crippen LogP) is 0.0680. The molecule has 0 spiro atoms. The molecule has 0 unspecified atom stereocenters. The molecule has 16 heavy (non-hydrogen) atoms. The van der Waals surface area contributed by atoms with Crippen molar-refractivity contribution >= 4 is 5.91 Å². The molecule has 1 aromatic rings. The van der Waals surface area contributed by atoms with E-state index in [4.69, 9.17) is 0 Å². The van der Waals surface area contributed by atoms with Crippen LogP contribution in [0.3, 0.4) is 0 Å². The van der Waals surface area contributed by atoms with E-state index in [1.54, 1.807) is 12.5 Å². The van der Waals surface area contributed by atoms with Crippen molar-refractivity contribution < 1.29 is 4.79 Å². The SMILES string of the molecule is O=C(NCCc1cnc[nH]1)[C@@H]1CCCNC1. The second-order valence-corrected chi connectivity index (χ2v) is 4.16. The molecule has 0 saturated carbocycles. The monoisotopic (exact) mass is 222 g/mol. The van der Waals surface area contributed by atoms with Crippen LogP contribution in [0.1, 0.15) is 18.5 Å². The highest BCUT2D eigenvalue weighted by molar-refractivity contribution is 5.78. The maximum atomic E-state index is 11.7. The van der Waals surface area contributed by atoms with Gasteiger partial charge in [0, 0.05) is 31.4 Å². The van der Waals surface area contributed by atoms with Crippen LogP contribution in [0.15, 0.2) is 12.5 Å². The first kappa shape index (κ1) is 11.1. The number of imidazole rings is 1. The van der Waals surface area contributed by atoms with E-state index in [-0.39, 0.29) is 11.8 Å². The molecule has 2 heterocycles. The van der Waals surface area contributed by atoms with Crippen LogP contribution in [0.2, 0.25) is 0 Å². The fourth-order valence-corrected chi connectivity index (χ4v) is 1.96. The molecule has 3 N–H and O–H groups in total. The highest BCUT2D eigenvalue weighted by Gasteiger charge is 2.19. The summed E-state index contributed by atoms with van der Waals surface area (Å²) < 4.78 is 0. The van der Waals surface area contributed by atoms with E-state index in [0.29, 0.717) is 6.54 Å². The average Bonchev–Trinajstić information content (AvgIpc) is 2.83. The lowest BCUT2D eigenvalue weighted by Crippen LogP contribution is -2.41. The quantitative estimate of drug-likeness (QED) is 0.675. The zero-order valence-corrected chi connectivity index (χ0v) is 9.33. The van der Waals surface area contributed by atoms with Crippen LogP contribution in [-0.4, -0.2) is 35.5 Å². The summed E-state index contributed by atoms with van der Waals surface area (Å²) in [6.07, 6.45) is 6.35. The Bertz CT molecular complexity index is 317. The molecule has 1 aromatic heterocycles. The Hall–Kier alpha value is -1.36. The van der Waals surface area contributed by atoms with Crippen molar-refractivity contribution in [3.05, 3.63) is 18.2 Å². The summed E-state index contributed by atoms with van der Waals surface area (Å²) in [6.45, 7) is 2.53. The predicted molar refractivity (Wildman–Crippen MR) is 60.9 cm³/mol. The molecule has 1 aliphatic rings. The minimum absolute atomic E-state index is 0.149. The van der Waals surface area contributed by atoms with Crippen molar-refractivity contribution in [2.45, 2.75) is 19.3 Å². The lowest BCUT2D eigenvalue weighted by molar-refractivity contribution is -0.125. The molecule has 1 fully saturated rings. The molecule has 1 aliphatic heterocycles. The number of aromatic nitrogens is 2. The lowest BCUT2D eigenvalue weighted by Gasteiger charge is -2.21. The summed E-state index contributed by atoms with van der Waals surface area (Å²) in [5.74, 6) is 0.322. The van der Waals surface area contributed by atoms with Crippen LogP contribution in [-0.2, 0) is 11.2 Å². The van der Waals surface area contributed by atoms with E-state index in [1.807, 2.05) is 0 Å². The fraction of sp³-hybridized carbons (Fsp3) is 0.636. The summed E-state index contributed by atoms with van der Waals surface area (Å²) in [5.41, 5.74) is 1.06. The molecular weight excluding hydrogens is 204 g/mol. The maximum Gasteiger partial charge on any atom is 0.224 e. The molecule has 0 bridgehead atoms. The van der Waals surface area contributed by atoms with Crippen molar-refractivity contribution in [2.24, 2.45) is 5.92 Å². The molecule has 1 atom stereocenters. The molecule has 1 saturated heterocycles. The Balaban J connectivity index is 1.67. The number of aromatic amines is 1. The maximum absolute atomic E-state index is 11.7. The van der Waals surface area contributed by atoms with Crippen molar-refractivity contribution in [3.8, 4) is 0 Å². The van der Waals surface area contributed by atoms with Gasteiger partial charge in [-0.2, -0.15) is 0 Å². The van der Waals surface area contributed by atoms with Crippen LogP contribution in [0.4, 0.5) is 0 Å². The number of rotatable bonds is 4. The van der Waals surface area contributed by atoms with E-state index in [1.165, 1.54) is 0 Å². The Morgan fingerprint density at radius 1 is 1.62 bits per heavy atom. The van der Waals surface area contributed by atoms with Crippen LogP contribution in [0.5, 0.6) is 0 Å². The Morgan fingerprint density at radius 2 is 2.56 bits per heavy atom. The van der Waals surface area contributed by atoms with Crippen molar-refractivity contribution in [3.63, 3.8) is 0 Å². The van der Waals surface area contributed by atoms with Crippen LogP contribution >= 0.6 is 0 Å². The smallest absolute Gasteiger partial charge is 0.224 e. The minimum Gasteiger partial charge on any atom is -0.355 e. The molecule has 0 aromatic carbocycles. The molecular formula is C11H18N4O. The highest BCUT2D eigenvalue weighted by Crippen LogP contribution is 2.09. The number of hydrogen-bond donors (Lipinski definition) is 3. The molecule has 0 aliphatic carbocycles. The van der Waals surface area contributed by atoms with E-state index < -0.39 is 0 Å². The number of piperidine rings is 1. The van der Waals surface area contributed by atoms with E-state index >= 15 is 0 Å². The first-order valence-corrected chi connectivity index (χ1v) is 5.82. The number of nitrogens with zero attached hydrogens (tertiary/aromatic N) is 1. The number of amides is 1. The third-order valence-electron chi connectivity index (χ3n) is 2.92. The second-order valence-electron chi connectivity index (χ2n) is 4.16. The van der Waals surface area contributed by atoms with Gasteiger partial charge in [0.05, 0.1) is 12.2 Å². The van der Waals surface area contributed by atoms with Crippen molar-refractivity contribution in [1.29, 1.82) is 0 Å². The zero-order chi connectivity index (χ0) is 11.2. The first-order valence-electron chi connectivity index (χ1n) is 5.82. The number of hydrogen-bond acceptors (Lipinski definition) is 3. The Labute approximate surface area is 95.0 Å². The summed E-state index contributed by atoms with van der Waals surface area (Å²) in [7, 11) is 0. The highest BCUT2D eigenvalue weighted by atomic mass is 16.1. The molecule has 5 nitrogen and oxygen atoms in total. The van der Waals surface area contributed by atoms with Gasteiger partial charge >= 0.3 is 0 Å². The van der Waals surface area contributed by atoms with Gasteiger partial charge in [0.15, 0.2) is 0 Å². The van der Waals surface area contributed by atoms with E-state index in [9.17, 15) is 4.79 Å². The van der Waals surface area contributed by atoms with Gasteiger partial charge in [-0.25, -0.2) is 4.98 Å². The number of carbonyl (C=O) groups is 1. The zero-order valence-electron chi connectivity index (χ0n) is 9.33. The average molecular weight is 222 g/mol. The van der Waals surface area contributed by atoms with Gasteiger partial charge in [-0.05, 0) is 19.4 Å². The van der Waals surface area contributed by atoms with Gasteiger partial charge in [0.25, 0.3) is 0 Å². The van der Waals surface area contributed by atoms with Gasteiger partial charge in [-0.15, -0.1) is 0 Å². The van der Waals surface area contributed by atoms with Crippen LogP contribution < -0.4 is 10.6 Å². The number of carbonyl (C=O) groups excluding carboxylic acids is 1.